The number of rotatable bonds is 2. The Labute approximate surface area is 113 Å². The second kappa shape index (κ2) is 5.03. The Balaban J connectivity index is 1.90. The van der Waals surface area contributed by atoms with Crippen LogP contribution in [0.25, 0.3) is 0 Å². The van der Waals surface area contributed by atoms with Crippen LogP contribution in [-0.4, -0.2) is 15.5 Å². The van der Waals surface area contributed by atoms with E-state index in [0.29, 0.717) is 18.2 Å². The Bertz CT molecular complexity index is 615. The fourth-order valence-electron chi connectivity index (χ4n) is 2.13. The number of nitrogens with zero attached hydrogens (tertiary/aromatic N) is 1. The van der Waals surface area contributed by atoms with Crippen molar-refractivity contribution in [1.29, 1.82) is 0 Å². The van der Waals surface area contributed by atoms with Gasteiger partial charge in [-0.3, -0.25) is 0 Å². The van der Waals surface area contributed by atoms with Gasteiger partial charge in [0.2, 0.25) is 0 Å². The van der Waals surface area contributed by atoms with Gasteiger partial charge in [0.25, 0.3) is 0 Å². The third-order valence-electron chi connectivity index (χ3n) is 3.09. The van der Waals surface area contributed by atoms with E-state index in [0.717, 1.165) is 17.0 Å². The Morgan fingerprint density at radius 1 is 1.16 bits per heavy atom. The van der Waals surface area contributed by atoms with Gasteiger partial charge in [-0.2, -0.15) is 0 Å². The van der Waals surface area contributed by atoms with Crippen LogP contribution in [0.1, 0.15) is 5.56 Å². The average Bonchev–Trinajstić information content (AvgIpc) is 2.47. The summed E-state index contributed by atoms with van der Waals surface area (Å²) < 4.78 is 25.9. The second-order valence-electron chi connectivity index (χ2n) is 4.33. The zero-order chi connectivity index (χ0) is 13.2. The molecule has 1 aliphatic heterocycles. The molecular weight excluding hydrogens is 262 g/mol. The molecule has 1 aliphatic rings. The first-order valence-electron chi connectivity index (χ1n) is 5.90. The van der Waals surface area contributed by atoms with Crippen LogP contribution < -0.4 is 9.64 Å². The fourth-order valence-corrected chi connectivity index (χ4v) is 2.56. The zero-order valence-electron chi connectivity index (χ0n) is 10.2. The first-order valence-corrected chi connectivity index (χ1v) is 7.01. The van der Waals surface area contributed by atoms with Crippen molar-refractivity contribution in [3.63, 3.8) is 0 Å². The summed E-state index contributed by atoms with van der Waals surface area (Å²) in [7, 11) is 0. The molecule has 2 aromatic rings. The maximum Gasteiger partial charge on any atom is 0.186 e. The quantitative estimate of drug-likeness (QED) is 0.856. The summed E-state index contributed by atoms with van der Waals surface area (Å²) in [5, 5.41) is 0. The van der Waals surface area contributed by atoms with E-state index >= 15 is 0 Å². The van der Waals surface area contributed by atoms with Crippen LogP contribution in [0.3, 0.4) is 0 Å². The molecule has 0 radical (unpaired) electrons. The highest BCUT2D eigenvalue weighted by Crippen LogP contribution is 2.29. The van der Waals surface area contributed by atoms with Gasteiger partial charge in [-0.05, 0) is 30.3 Å². The number of fused-ring (bicyclic) bond motifs is 1. The van der Waals surface area contributed by atoms with Crippen LogP contribution >= 0.6 is 0 Å². The molecule has 0 amide bonds. The van der Waals surface area contributed by atoms with Crippen molar-refractivity contribution in [2.75, 3.05) is 11.6 Å². The minimum atomic E-state index is -1.96. The monoisotopic (exact) mass is 275 g/mol. The molecule has 19 heavy (non-hydrogen) atoms. The molecule has 1 unspecified atom stereocenters. The van der Waals surface area contributed by atoms with Crippen LogP contribution in [0, 0.1) is 0 Å². The molecule has 1 heterocycles. The van der Waals surface area contributed by atoms with Crippen molar-refractivity contribution in [3.05, 3.63) is 54.1 Å². The molecule has 0 saturated heterocycles. The van der Waals surface area contributed by atoms with Crippen LogP contribution in [0.15, 0.2) is 53.4 Å². The van der Waals surface area contributed by atoms with Gasteiger partial charge in [-0.1, -0.05) is 18.2 Å². The third kappa shape index (κ3) is 2.47. The largest absolute Gasteiger partial charge is 0.473 e. The van der Waals surface area contributed by atoms with E-state index in [1.807, 2.05) is 30.3 Å². The molecule has 2 aromatic carbocycles. The highest BCUT2D eigenvalue weighted by atomic mass is 32.2. The summed E-state index contributed by atoms with van der Waals surface area (Å²) in [6.07, 6.45) is 0. The summed E-state index contributed by atoms with van der Waals surface area (Å²) in [4.78, 5) is 2.48. The predicted octanol–water partition coefficient (Wildman–Crippen LogP) is 2.62. The van der Waals surface area contributed by atoms with E-state index in [9.17, 15) is 4.21 Å². The molecule has 0 fully saturated rings. The molecule has 5 heteroatoms. The number of hydrogen-bond donors (Lipinski definition) is 1. The third-order valence-corrected chi connectivity index (χ3v) is 3.75. The maximum atomic E-state index is 11.1. The van der Waals surface area contributed by atoms with E-state index in [-0.39, 0.29) is 0 Å². The summed E-state index contributed by atoms with van der Waals surface area (Å²) in [5.41, 5.74) is 2.00. The Morgan fingerprint density at radius 3 is 2.68 bits per heavy atom. The van der Waals surface area contributed by atoms with Gasteiger partial charge in [-0.25, -0.2) is 4.21 Å². The maximum absolute atomic E-state index is 11.1. The van der Waals surface area contributed by atoms with Crippen LogP contribution in [0.4, 0.5) is 5.69 Å². The van der Waals surface area contributed by atoms with E-state index < -0.39 is 11.1 Å². The van der Waals surface area contributed by atoms with Crippen LogP contribution in [0.2, 0.25) is 0 Å². The Hall–Kier alpha value is -1.85. The van der Waals surface area contributed by atoms with E-state index in [2.05, 4.69) is 4.90 Å². The lowest BCUT2D eigenvalue weighted by Crippen LogP contribution is -2.31. The van der Waals surface area contributed by atoms with Crippen molar-refractivity contribution >= 4 is 16.8 Å². The predicted molar refractivity (Wildman–Crippen MR) is 73.6 cm³/mol. The average molecular weight is 275 g/mol. The number of hydrogen-bond acceptors (Lipinski definition) is 3. The molecule has 1 atom stereocenters. The molecule has 0 aromatic heterocycles. The second-order valence-corrected chi connectivity index (χ2v) is 5.30. The Morgan fingerprint density at radius 2 is 1.95 bits per heavy atom. The van der Waals surface area contributed by atoms with E-state index in [1.54, 1.807) is 18.2 Å². The molecule has 0 saturated carbocycles. The smallest absolute Gasteiger partial charge is 0.186 e. The summed E-state index contributed by atoms with van der Waals surface area (Å²) >= 11 is -1.96. The van der Waals surface area contributed by atoms with Crippen LogP contribution in [0.5, 0.6) is 5.75 Å². The van der Waals surface area contributed by atoms with Gasteiger partial charge in [-0.15, -0.1) is 0 Å². The molecule has 98 valence electrons. The van der Waals surface area contributed by atoms with Gasteiger partial charge < -0.3 is 14.2 Å². The summed E-state index contributed by atoms with van der Waals surface area (Å²) in [5.74, 6) is 0.779. The minimum Gasteiger partial charge on any atom is -0.473 e. The molecule has 0 bridgehead atoms. The number of anilines is 1. The first kappa shape index (κ1) is 12.2. The first-order chi connectivity index (χ1) is 9.24. The van der Waals surface area contributed by atoms with E-state index in [4.69, 9.17) is 9.29 Å². The van der Waals surface area contributed by atoms with Gasteiger partial charge in [0.05, 0.1) is 4.90 Å². The van der Waals surface area contributed by atoms with Crippen molar-refractivity contribution in [1.82, 2.24) is 0 Å². The highest BCUT2D eigenvalue weighted by molar-refractivity contribution is 7.79. The van der Waals surface area contributed by atoms with Gasteiger partial charge in [0.1, 0.15) is 5.75 Å². The van der Waals surface area contributed by atoms with E-state index in [1.165, 1.54) is 0 Å². The van der Waals surface area contributed by atoms with Crippen LogP contribution in [-0.2, 0) is 17.6 Å². The normalized spacial score (nSPS) is 15.5. The lowest BCUT2D eigenvalue weighted by atomic mass is 10.1. The number of para-hydroxylation sites is 1. The van der Waals surface area contributed by atoms with Gasteiger partial charge in [0, 0.05) is 17.8 Å². The molecule has 3 rings (SSSR count). The highest BCUT2D eigenvalue weighted by Gasteiger charge is 2.18. The number of benzene rings is 2. The van der Waals surface area contributed by atoms with Gasteiger partial charge in [0.15, 0.2) is 17.8 Å². The SMILES string of the molecule is O=S(O)c1ccc2c(c1)CN(c1ccccc1)CO2. The topological polar surface area (TPSA) is 49.8 Å². The molecule has 4 nitrogen and oxygen atoms in total. The molecular formula is C14H13NO3S. The molecule has 1 N–H and O–H groups in total. The summed E-state index contributed by atoms with van der Waals surface area (Å²) in [6.45, 7) is 1.16. The van der Waals surface area contributed by atoms with Crippen molar-refractivity contribution in [2.45, 2.75) is 11.4 Å². The van der Waals surface area contributed by atoms with Crippen molar-refractivity contribution in [2.24, 2.45) is 0 Å². The summed E-state index contributed by atoms with van der Waals surface area (Å²) in [6, 6.07) is 15.0. The van der Waals surface area contributed by atoms with Crippen molar-refractivity contribution < 1.29 is 13.5 Å². The van der Waals surface area contributed by atoms with Crippen molar-refractivity contribution in [3.8, 4) is 5.75 Å². The Kier molecular flexibility index (Phi) is 3.23. The number of ether oxygens (including phenoxy) is 1. The fraction of sp³-hybridized carbons (Fsp3) is 0.143. The molecule has 0 spiro atoms. The van der Waals surface area contributed by atoms with Gasteiger partial charge >= 0.3 is 0 Å². The lowest BCUT2D eigenvalue weighted by Gasteiger charge is -2.30. The standard InChI is InChI=1S/C14H13NO3S/c16-19(17)13-6-7-14-11(8-13)9-15(10-18-14)12-4-2-1-3-5-12/h1-8H,9-10H2,(H,16,17). The minimum absolute atomic E-state index is 0.400. The lowest BCUT2D eigenvalue weighted by molar-refractivity contribution is 0.289. The molecule has 0 aliphatic carbocycles. The zero-order valence-corrected chi connectivity index (χ0v) is 11.0.